The lowest BCUT2D eigenvalue weighted by atomic mass is 10.2. The quantitative estimate of drug-likeness (QED) is 0.150. The van der Waals surface area contributed by atoms with Crippen molar-refractivity contribution in [2.45, 2.75) is 25.9 Å². The number of aromatic nitrogens is 3. The van der Waals surface area contributed by atoms with Crippen molar-refractivity contribution < 1.29 is 19.1 Å². The summed E-state index contributed by atoms with van der Waals surface area (Å²) in [6.07, 6.45) is 1.62. The van der Waals surface area contributed by atoms with E-state index < -0.39 is 5.97 Å². The predicted molar refractivity (Wildman–Crippen MR) is 134 cm³/mol. The fourth-order valence-corrected chi connectivity index (χ4v) is 4.43. The summed E-state index contributed by atoms with van der Waals surface area (Å²) in [5.41, 5.74) is 4.34. The average Bonchev–Trinajstić information content (AvgIpc) is 3.43. The van der Waals surface area contributed by atoms with E-state index in [9.17, 15) is 14.9 Å². The van der Waals surface area contributed by atoms with Gasteiger partial charge in [0.15, 0.2) is 0 Å². The number of carbonyl (C=O) groups is 2. The number of H-pyrrole nitrogens is 1. The molecule has 13 heteroatoms. The zero-order chi connectivity index (χ0) is 25.2. The zero-order valence-electron chi connectivity index (χ0n) is 19.2. The second kappa shape index (κ2) is 12.5. The van der Waals surface area contributed by atoms with Crippen LogP contribution in [0.15, 0.2) is 34.5 Å². The molecule has 1 amide bonds. The van der Waals surface area contributed by atoms with Gasteiger partial charge in [-0.3, -0.25) is 4.79 Å². The van der Waals surface area contributed by atoms with Crippen molar-refractivity contribution in [3.05, 3.63) is 45.8 Å². The molecule has 0 atom stereocenters. The first kappa shape index (κ1) is 25.7. The second-order valence-electron chi connectivity index (χ2n) is 6.77. The van der Waals surface area contributed by atoms with Crippen molar-refractivity contribution in [3.8, 4) is 11.8 Å². The molecule has 11 nitrogen and oxygen atoms in total. The molecule has 0 aliphatic carbocycles. The predicted octanol–water partition coefficient (Wildman–Crippen LogP) is 3.80. The first-order valence-corrected chi connectivity index (χ1v) is 12.3. The molecule has 0 saturated carbocycles. The minimum absolute atomic E-state index is 0.00327. The number of nitriles is 1. The SMILES string of the molecule is CCOC(=O)c1sc(NC(=O)CSc2n[nH]c(N/N=C\c3ccc(OCC)cc3)n2)c(C#N)c1C. The van der Waals surface area contributed by atoms with Crippen molar-refractivity contribution >= 4 is 52.1 Å². The first-order chi connectivity index (χ1) is 16.9. The number of anilines is 2. The highest BCUT2D eigenvalue weighted by molar-refractivity contribution is 7.99. The minimum Gasteiger partial charge on any atom is -0.494 e. The number of thiophene rings is 1. The number of amides is 1. The third-order valence-electron chi connectivity index (χ3n) is 4.34. The highest BCUT2D eigenvalue weighted by atomic mass is 32.2. The molecule has 3 aromatic rings. The number of nitrogens with zero attached hydrogens (tertiary/aromatic N) is 4. The maximum atomic E-state index is 12.4. The van der Waals surface area contributed by atoms with Crippen LogP contribution in [0.25, 0.3) is 0 Å². The van der Waals surface area contributed by atoms with Crippen LogP contribution in [-0.4, -0.2) is 52.2 Å². The Morgan fingerprint density at radius 2 is 2.06 bits per heavy atom. The van der Waals surface area contributed by atoms with E-state index in [0.29, 0.717) is 33.2 Å². The van der Waals surface area contributed by atoms with Gasteiger partial charge >= 0.3 is 5.97 Å². The maximum Gasteiger partial charge on any atom is 0.348 e. The normalized spacial score (nSPS) is 10.7. The summed E-state index contributed by atoms with van der Waals surface area (Å²) in [6.45, 7) is 6.09. The van der Waals surface area contributed by atoms with Gasteiger partial charge in [-0.2, -0.15) is 15.3 Å². The lowest BCUT2D eigenvalue weighted by Crippen LogP contribution is -2.14. The molecular weight excluding hydrogens is 490 g/mol. The summed E-state index contributed by atoms with van der Waals surface area (Å²) in [4.78, 5) is 29.0. The van der Waals surface area contributed by atoms with Crippen molar-refractivity contribution in [1.29, 1.82) is 5.26 Å². The Labute approximate surface area is 209 Å². The molecule has 2 heterocycles. The van der Waals surface area contributed by atoms with Gasteiger partial charge in [-0.15, -0.1) is 16.4 Å². The zero-order valence-corrected chi connectivity index (χ0v) is 20.9. The summed E-state index contributed by atoms with van der Waals surface area (Å²) in [7, 11) is 0. The van der Waals surface area contributed by atoms with E-state index in [2.05, 4.69) is 31.0 Å². The summed E-state index contributed by atoms with van der Waals surface area (Å²) < 4.78 is 10.4. The Kier molecular flexibility index (Phi) is 9.22. The molecule has 35 heavy (non-hydrogen) atoms. The maximum absolute atomic E-state index is 12.4. The Hall–Kier alpha value is -3.89. The lowest BCUT2D eigenvalue weighted by molar-refractivity contribution is -0.113. The Morgan fingerprint density at radius 1 is 1.29 bits per heavy atom. The number of hydrogen-bond acceptors (Lipinski definition) is 11. The third kappa shape index (κ3) is 7.05. The number of hydrazone groups is 1. The van der Waals surface area contributed by atoms with Gasteiger partial charge in [0.05, 0.1) is 30.7 Å². The molecule has 0 aliphatic rings. The van der Waals surface area contributed by atoms with E-state index >= 15 is 0 Å². The number of thioether (sulfide) groups is 1. The fourth-order valence-electron chi connectivity index (χ4n) is 2.77. The number of aromatic amines is 1. The standard InChI is InChI=1S/C22H23N7O4S2/c1-4-32-15-8-6-14(7-9-15)11-24-27-21-26-22(29-28-21)34-12-17(30)25-19-16(10-23)13(3)18(35-19)20(31)33-5-2/h6-9,11H,4-5,12H2,1-3H3,(H,25,30)(H2,26,27,28,29)/b24-11-. The van der Waals surface area contributed by atoms with E-state index in [1.165, 1.54) is 0 Å². The number of rotatable bonds is 11. The molecule has 182 valence electrons. The van der Waals surface area contributed by atoms with Crippen molar-refractivity contribution in [2.24, 2.45) is 5.10 Å². The van der Waals surface area contributed by atoms with Gasteiger partial charge in [0, 0.05) is 0 Å². The molecule has 0 unspecified atom stereocenters. The second-order valence-corrected chi connectivity index (χ2v) is 8.73. The number of ether oxygens (including phenoxy) is 2. The van der Waals surface area contributed by atoms with Gasteiger partial charge in [0.25, 0.3) is 0 Å². The number of nitrogens with one attached hydrogen (secondary N) is 3. The van der Waals surface area contributed by atoms with E-state index in [0.717, 1.165) is 34.4 Å². The van der Waals surface area contributed by atoms with Crippen LogP contribution < -0.4 is 15.5 Å². The number of carbonyl (C=O) groups excluding carboxylic acids is 2. The van der Waals surface area contributed by atoms with Crippen LogP contribution >= 0.6 is 23.1 Å². The Morgan fingerprint density at radius 3 is 2.74 bits per heavy atom. The van der Waals surface area contributed by atoms with Crippen LogP contribution in [-0.2, 0) is 9.53 Å². The molecule has 0 fully saturated rings. The van der Waals surface area contributed by atoms with Crippen LogP contribution in [0.4, 0.5) is 10.9 Å². The first-order valence-electron chi connectivity index (χ1n) is 10.5. The van der Waals surface area contributed by atoms with E-state index in [1.54, 1.807) is 20.1 Å². The van der Waals surface area contributed by atoms with Crippen LogP contribution in [0.5, 0.6) is 5.75 Å². The van der Waals surface area contributed by atoms with Crippen molar-refractivity contribution in [3.63, 3.8) is 0 Å². The van der Waals surface area contributed by atoms with Crippen LogP contribution in [0.2, 0.25) is 0 Å². The van der Waals surface area contributed by atoms with Crippen LogP contribution in [0, 0.1) is 18.3 Å². The molecule has 0 bridgehead atoms. The molecule has 0 spiro atoms. The van der Waals surface area contributed by atoms with Gasteiger partial charge in [-0.25, -0.2) is 15.3 Å². The van der Waals surface area contributed by atoms with Gasteiger partial charge in [0.1, 0.15) is 21.7 Å². The van der Waals surface area contributed by atoms with E-state index in [-0.39, 0.29) is 23.8 Å². The molecule has 1 aromatic carbocycles. The lowest BCUT2D eigenvalue weighted by Gasteiger charge is -2.02. The summed E-state index contributed by atoms with van der Waals surface area (Å²) in [5, 5.41) is 23.6. The average molecular weight is 514 g/mol. The Bertz CT molecular complexity index is 1250. The molecule has 0 saturated heterocycles. The molecule has 2 aromatic heterocycles. The monoisotopic (exact) mass is 513 g/mol. The van der Waals surface area contributed by atoms with Crippen LogP contribution in [0.3, 0.4) is 0 Å². The third-order valence-corrected chi connectivity index (χ3v) is 6.38. The van der Waals surface area contributed by atoms with E-state index in [4.69, 9.17) is 9.47 Å². The van der Waals surface area contributed by atoms with Gasteiger partial charge in [-0.1, -0.05) is 11.8 Å². The van der Waals surface area contributed by atoms with Crippen molar-refractivity contribution in [1.82, 2.24) is 15.2 Å². The molecule has 0 aliphatic heterocycles. The highest BCUT2D eigenvalue weighted by Gasteiger charge is 2.22. The summed E-state index contributed by atoms with van der Waals surface area (Å²) >= 11 is 2.12. The van der Waals surface area contributed by atoms with E-state index in [1.807, 2.05) is 37.3 Å². The summed E-state index contributed by atoms with van der Waals surface area (Å²) in [6, 6.07) is 9.48. The Balaban J connectivity index is 1.52. The minimum atomic E-state index is -0.521. The summed E-state index contributed by atoms with van der Waals surface area (Å²) in [5.74, 6) is 0.220. The molecule has 3 N–H and O–H groups in total. The van der Waals surface area contributed by atoms with Gasteiger partial charge in [-0.05, 0) is 56.2 Å². The smallest absolute Gasteiger partial charge is 0.348 e. The highest BCUT2D eigenvalue weighted by Crippen LogP contribution is 2.33. The van der Waals surface area contributed by atoms with Crippen LogP contribution in [0.1, 0.15) is 40.2 Å². The van der Waals surface area contributed by atoms with Gasteiger partial charge < -0.3 is 14.8 Å². The van der Waals surface area contributed by atoms with Gasteiger partial charge in [0.2, 0.25) is 17.0 Å². The van der Waals surface area contributed by atoms with Crippen molar-refractivity contribution in [2.75, 3.05) is 29.7 Å². The molecule has 0 radical (unpaired) electrons. The largest absolute Gasteiger partial charge is 0.494 e. The fraction of sp³-hybridized carbons (Fsp3) is 0.273. The molecular formula is C22H23N7O4S2. The molecule has 3 rings (SSSR count). The number of benzene rings is 1. The number of hydrogen-bond donors (Lipinski definition) is 3. The number of esters is 1. The topological polar surface area (TPSA) is 154 Å².